The molecule has 37 heavy (non-hydrogen) atoms. The lowest BCUT2D eigenvalue weighted by Crippen LogP contribution is -2.37. The van der Waals surface area contributed by atoms with Gasteiger partial charge in [0.2, 0.25) is 5.91 Å². The van der Waals surface area contributed by atoms with Crippen LogP contribution in [-0.2, 0) is 11.3 Å². The van der Waals surface area contributed by atoms with Gasteiger partial charge >= 0.3 is 6.18 Å². The SMILES string of the molecule is COc1cc2ncnc(-c3cn(CC(F)F)nc3-c3ccccc3)c2nc1NC(=O)C1(C(F)(F)F)CC1. The van der Waals surface area contributed by atoms with Crippen molar-refractivity contribution in [1.82, 2.24) is 24.7 Å². The highest BCUT2D eigenvalue weighted by Gasteiger charge is 2.68. The maximum absolute atomic E-state index is 13.5. The van der Waals surface area contributed by atoms with E-state index in [9.17, 15) is 26.7 Å². The summed E-state index contributed by atoms with van der Waals surface area (Å²) in [6.07, 6.45) is -5.39. The second-order valence-electron chi connectivity index (χ2n) is 8.53. The molecule has 0 aliphatic heterocycles. The van der Waals surface area contributed by atoms with E-state index in [4.69, 9.17) is 4.74 Å². The van der Waals surface area contributed by atoms with Crippen molar-refractivity contribution >= 4 is 22.8 Å². The normalized spacial score (nSPS) is 14.7. The second-order valence-corrected chi connectivity index (χ2v) is 8.53. The summed E-state index contributed by atoms with van der Waals surface area (Å²) in [5, 5.41) is 6.55. The molecule has 0 unspecified atom stereocenters. The molecule has 1 fully saturated rings. The first kappa shape index (κ1) is 24.5. The number of fused-ring (bicyclic) bond motifs is 1. The van der Waals surface area contributed by atoms with E-state index in [0.717, 1.165) is 4.68 Å². The molecule has 13 heteroatoms. The third-order valence-electron chi connectivity index (χ3n) is 6.14. The summed E-state index contributed by atoms with van der Waals surface area (Å²) in [4.78, 5) is 25.4. The Balaban J connectivity index is 1.64. The van der Waals surface area contributed by atoms with Gasteiger partial charge in [0.15, 0.2) is 11.6 Å². The highest BCUT2D eigenvalue weighted by atomic mass is 19.4. The van der Waals surface area contributed by atoms with Crippen LogP contribution in [0.1, 0.15) is 12.8 Å². The third kappa shape index (κ3) is 4.45. The van der Waals surface area contributed by atoms with Crippen LogP contribution in [0.25, 0.3) is 33.5 Å². The number of aromatic nitrogens is 5. The number of hydrogen-bond acceptors (Lipinski definition) is 6. The van der Waals surface area contributed by atoms with Crippen molar-refractivity contribution < 1.29 is 31.5 Å². The van der Waals surface area contributed by atoms with Crippen molar-refractivity contribution in [3.8, 4) is 28.3 Å². The number of carbonyl (C=O) groups is 1. The van der Waals surface area contributed by atoms with Crippen LogP contribution in [-0.4, -0.2) is 50.4 Å². The Morgan fingerprint density at radius 2 is 1.89 bits per heavy atom. The molecule has 4 aromatic rings. The predicted octanol–water partition coefficient (Wildman–Crippen LogP) is 5.11. The Morgan fingerprint density at radius 1 is 1.16 bits per heavy atom. The lowest BCUT2D eigenvalue weighted by atomic mass is 10.0. The molecular formula is C24H19F5N6O2. The quantitative estimate of drug-likeness (QED) is 0.342. The maximum atomic E-state index is 13.5. The molecule has 1 saturated carbocycles. The molecule has 1 amide bonds. The van der Waals surface area contributed by atoms with Crippen LogP contribution in [0.3, 0.4) is 0 Å². The minimum atomic E-state index is -4.71. The number of amides is 1. The molecule has 1 aliphatic carbocycles. The Labute approximate surface area is 206 Å². The van der Waals surface area contributed by atoms with Gasteiger partial charge in [-0.25, -0.2) is 23.7 Å². The van der Waals surface area contributed by atoms with E-state index < -0.39 is 30.5 Å². The first-order chi connectivity index (χ1) is 17.6. The van der Waals surface area contributed by atoms with E-state index in [2.05, 4.69) is 25.4 Å². The molecule has 0 radical (unpaired) electrons. The zero-order chi connectivity index (χ0) is 26.4. The Hall–Kier alpha value is -4.16. The Morgan fingerprint density at radius 3 is 2.51 bits per heavy atom. The van der Waals surface area contributed by atoms with E-state index in [1.165, 1.54) is 25.7 Å². The number of pyridine rings is 1. The number of methoxy groups -OCH3 is 1. The fourth-order valence-corrected chi connectivity index (χ4v) is 4.04. The number of rotatable bonds is 7. The van der Waals surface area contributed by atoms with Gasteiger partial charge in [-0.3, -0.25) is 9.48 Å². The monoisotopic (exact) mass is 518 g/mol. The van der Waals surface area contributed by atoms with E-state index >= 15 is 0 Å². The van der Waals surface area contributed by atoms with Crippen LogP contribution in [0.5, 0.6) is 5.75 Å². The van der Waals surface area contributed by atoms with E-state index in [1.54, 1.807) is 30.3 Å². The number of ether oxygens (including phenoxy) is 1. The highest BCUT2D eigenvalue weighted by molar-refractivity contribution is 6.00. The Bertz CT molecular complexity index is 1470. The largest absolute Gasteiger partial charge is 0.493 e. The molecule has 0 spiro atoms. The number of benzene rings is 1. The molecule has 3 heterocycles. The van der Waals surface area contributed by atoms with Crippen LogP contribution in [0.2, 0.25) is 0 Å². The molecule has 0 atom stereocenters. The van der Waals surface area contributed by atoms with Gasteiger partial charge in [-0.2, -0.15) is 18.3 Å². The second kappa shape index (κ2) is 9.05. The topological polar surface area (TPSA) is 94.8 Å². The van der Waals surface area contributed by atoms with Crippen LogP contribution >= 0.6 is 0 Å². The van der Waals surface area contributed by atoms with Crippen molar-refractivity contribution in [3.05, 3.63) is 48.9 Å². The smallest absolute Gasteiger partial charge is 0.403 e. The zero-order valence-corrected chi connectivity index (χ0v) is 19.3. The number of anilines is 1. The number of alkyl halides is 5. The van der Waals surface area contributed by atoms with Gasteiger partial charge in [-0.15, -0.1) is 0 Å². The molecule has 192 valence electrons. The average molecular weight is 518 g/mol. The lowest BCUT2D eigenvalue weighted by Gasteiger charge is -2.19. The van der Waals surface area contributed by atoms with Gasteiger partial charge in [-0.05, 0) is 12.8 Å². The number of halogens is 5. The van der Waals surface area contributed by atoms with Crippen molar-refractivity contribution in [2.45, 2.75) is 32.0 Å². The minimum Gasteiger partial charge on any atom is -0.493 e. The first-order valence-electron chi connectivity index (χ1n) is 11.1. The summed E-state index contributed by atoms with van der Waals surface area (Å²) in [5.74, 6) is -1.48. The van der Waals surface area contributed by atoms with E-state index in [-0.39, 0.29) is 41.1 Å². The van der Waals surface area contributed by atoms with Gasteiger partial charge in [0.05, 0.1) is 12.6 Å². The molecule has 1 N–H and O–H groups in total. The molecule has 0 bridgehead atoms. The maximum Gasteiger partial charge on any atom is 0.403 e. The van der Waals surface area contributed by atoms with E-state index in [0.29, 0.717) is 16.8 Å². The van der Waals surface area contributed by atoms with Crippen LogP contribution in [0, 0.1) is 5.41 Å². The molecule has 1 aromatic carbocycles. The molecule has 0 saturated heterocycles. The fourth-order valence-electron chi connectivity index (χ4n) is 4.04. The zero-order valence-electron chi connectivity index (χ0n) is 19.3. The number of nitrogens with one attached hydrogen (secondary N) is 1. The molecular weight excluding hydrogens is 499 g/mol. The van der Waals surface area contributed by atoms with E-state index in [1.807, 2.05) is 0 Å². The molecule has 1 aliphatic rings. The lowest BCUT2D eigenvalue weighted by molar-refractivity contribution is -0.189. The van der Waals surface area contributed by atoms with Crippen LogP contribution in [0.4, 0.5) is 27.8 Å². The predicted molar refractivity (Wildman–Crippen MR) is 123 cm³/mol. The van der Waals surface area contributed by atoms with Crippen molar-refractivity contribution in [3.63, 3.8) is 0 Å². The van der Waals surface area contributed by atoms with Gasteiger partial charge in [0, 0.05) is 23.4 Å². The first-order valence-corrected chi connectivity index (χ1v) is 11.1. The number of hydrogen-bond donors (Lipinski definition) is 1. The molecule has 3 aromatic heterocycles. The summed E-state index contributed by atoms with van der Waals surface area (Å²) < 4.78 is 73.0. The summed E-state index contributed by atoms with van der Waals surface area (Å²) >= 11 is 0. The molecule has 5 rings (SSSR count). The number of nitrogens with zero attached hydrogens (tertiary/aromatic N) is 5. The fraction of sp³-hybridized carbons (Fsp3) is 0.292. The molecule has 8 nitrogen and oxygen atoms in total. The Kier molecular flexibility index (Phi) is 6.00. The van der Waals surface area contributed by atoms with Gasteiger partial charge < -0.3 is 10.1 Å². The number of carbonyl (C=O) groups excluding carboxylic acids is 1. The average Bonchev–Trinajstić information content (AvgIpc) is 3.60. The van der Waals surface area contributed by atoms with Crippen molar-refractivity contribution in [2.75, 3.05) is 12.4 Å². The third-order valence-corrected chi connectivity index (χ3v) is 6.14. The summed E-state index contributed by atoms with van der Waals surface area (Å²) in [7, 11) is 1.28. The van der Waals surface area contributed by atoms with Crippen molar-refractivity contribution in [2.24, 2.45) is 5.41 Å². The van der Waals surface area contributed by atoms with Gasteiger partial charge in [0.1, 0.15) is 35.2 Å². The summed E-state index contributed by atoms with van der Waals surface area (Å²) in [6.45, 7) is -0.662. The highest BCUT2D eigenvalue weighted by Crippen LogP contribution is 2.58. The summed E-state index contributed by atoms with van der Waals surface area (Å²) in [6, 6.07) is 10.2. The van der Waals surface area contributed by atoms with Crippen LogP contribution in [0.15, 0.2) is 48.9 Å². The summed E-state index contributed by atoms with van der Waals surface area (Å²) in [5.41, 5.74) is -0.579. The van der Waals surface area contributed by atoms with Crippen molar-refractivity contribution in [1.29, 1.82) is 0 Å². The van der Waals surface area contributed by atoms with Crippen LogP contribution < -0.4 is 10.1 Å². The minimum absolute atomic E-state index is 0.000142. The standard InChI is InChI=1S/C24H19F5N6O2/c1-37-16-9-15-20(32-21(16)33-22(36)23(7-8-23)24(27,28)29)19(31-12-30-15)14-10-35(11-17(25)26)34-18(14)13-5-3-2-4-6-13/h2-6,9-10,12,17H,7-8,11H2,1H3,(H,32,33,36). The van der Waals surface area contributed by atoms with Gasteiger partial charge in [-0.1, -0.05) is 30.3 Å². The van der Waals surface area contributed by atoms with Gasteiger partial charge in [0.25, 0.3) is 6.43 Å².